The van der Waals surface area contributed by atoms with E-state index in [9.17, 15) is 21.6 Å². The zero-order valence-electron chi connectivity index (χ0n) is 8.17. The summed E-state index contributed by atoms with van der Waals surface area (Å²) in [6, 6.07) is 1.38. The molecule has 4 nitrogen and oxygen atoms in total. The predicted octanol–water partition coefficient (Wildman–Crippen LogP) is 1.24. The second kappa shape index (κ2) is 3.63. The van der Waals surface area contributed by atoms with Crippen LogP contribution in [-0.2, 0) is 16.2 Å². The van der Waals surface area contributed by atoms with Crippen LogP contribution in [0.5, 0.6) is 0 Å². The molecule has 0 bridgehead atoms. The van der Waals surface area contributed by atoms with E-state index in [-0.39, 0.29) is 11.3 Å². The van der Waals surface area contributed by atoms with Crippen molar-refractivity contribution in [2.24, 2.45) is 5.14 Å². The van der Waals surface area contributed by atoms with E-state index in [1.165, 1.54) is 6.92 Å². The van der Waals surface area contributed by atoms with Crippen LogP contribution in [0.15, 0.2) is 17.0 Å². The van der Waals surface area contributed by atoms with E-state index < -0.39 is 26.7 Å². The van der Waals surface area contributed by atoms with Gasteiger partial charge in [-0.3, -0.25) is 0 Å². The highest BCUT2D eigenvalue weighted by Crippen LogP contribution is 2.35. The summed E-state index contributed by atoms with van der Waals surface area (Å²) in [4.78, 5) is -0.717. The lowest BCUT2D eigenvalue weighted by molar-refractivity contribution is -0.138. The van der Waals surface area contributed by atoms with Crippen LogP contribution in [0.4, 0.5) is 18.9 Å². The Morgan fingerprint density at radius 3 is 2.12 bits per heavy atom. The highest BCUT2D eigenvalue weighted by molar-refractivity contribution is 7.89. The summed E-state index contributed by atoms with van der Waals surface area (Å²) in [6.07, 6.45) is -4.64. The van der Waals surface area contributed by atoms with Crippen molar-refractivity contribution >= 4 is 15.7 Å². The van der Waals surface area contributed by atoms with Crippen LogP contribution in [0.2, 0.25) is 0 Å². The van der Waals surface area contributed by atoms with Gasteiger partial charge in [-0.2, -0.15) is 13.2 Å². The molecular formula is C8H9F3N2O2S. The molecule has 0 saturated carbocycles. The van der Waals surface area contributed by atoms with Crippen molar-refractivity contribution in [3.05, 3.63) is 23.3 Å². The second-order valence-corrected chi connectivity index (χ2v) is 4.78. The maximum Gasteiger partial charge on any atom is 0.416 e. The average Bonchev–Trinajstić information content (AvgIpc) is 1.97. The van der Waals surface area contributed by atoms with E-state index in [1.807, 2.05) is 0 Å². The summed E-state index contributed by atoms with van der Waals surface area (Å²) in [5, 5.41) is 4.74. The van der Waals surface area contributed by atoms with Gasteiger partial charge in [-0.1, -0.05) is 0 Å². The highest BCUT2D eigenvalue weighted by atomic mass is 32.2. The van der Waals surface area contributed by atoms with Crippen molar-refractivity contribution in [1.82, 2.24) is 0 Å². The number of primary sulfonamides is 1. The number of alkyl halides is 3. The molecule has 0 unspecified atom stereocenters. The van der Waals surface area contributed by atoms with E-state index in [1.54, 1.807) is 0 Å². The minimum absolute atomic E-state index is 0.155. The molecule has 0 aromatic heterocycles. The number of nitrogen functional groups attached to an aromatic ring is 1. The van der Waals surface area contributed by atoms with Crippen LogP contribution in [0, 0.1) is 6.92 Å². The topological polar surface area (TPSA) is 86.2 Å². The fourth-order valence-corrected chi connectivity index (χ4v) is 1.93. The molecule has 8 heteroatoms. The number of hydrogen-bond acceptors (Lipinski definition) is 3. The number of aryl methyl sites for hydroxylation is 1. The van der Waals surface area contributed by atoms with E-state index in [0.717, 1.165) is 6.07 Å². The van der Waals surface area contributed by atoms with E-state index >= 15 is 0 Å². The molecule has 90 valence electrons. The number of nitrogens with two attached hydrogens (primary N) is 2. The highest BCUT2D eigenvalue weighted by Gasteiger charge is 2.34. The molecule has 0 radical (unpaired) electrons. The lowest BCUT2D eigenvalue weighted by atomic mass is 10.1. The third-order valence-electron chi connectivity index (χ3n) is 1.97. The number of halogens is 3. The quantitative estimate of drug-likeness (QED) is 0.739. The second-order valence-electron chi connectivity index (χ2n) is 3.25. The van der Waals surface area contributed by atoms with Gasteiger partial charge in [0, 0.05) is 0 Å². The Morgan fingerprint density at radius 1 is 1.25 bits per heavy atom. The zero-order chi connectivity index (χ0) is 12.7. The first-order chi connectivity index (χ1) is 7.03. The molecule has 0 aliphatic carbocycles. The fraction of sp³-hybridized carbons (Fsp3) is 0.250. The minimum Gasteiger partial charge on any atom is -0.398 e. The van der Waals surface area contributed by atoms with E-state index in [0.29, 0.717) is 6.07 Å². The van der Waals surface area contributed by atoms with Gasteiger partial charge in [-0.25, -0.2) is 13.6 Å². The van der Waals surface area contributed by atoms with Gasteiger partial charge >= 0.3 is 6.18 Å². The molecule has 16 heavy (non-hydrogen) atoms. The van der Waals surface area contributed by atoms with Crippen molar-refractivity contribution in [2.75, 3.05) is 5.73 Å². The molecule has 0 heterocycles. The maximum absolute atomic E-state index is 12.5. The molecule has 0 fully saturated rings. The Labute approximate surface area is 90.1 Å². The van der Waals surface area contributed by atoms with Crippen molar-refractivity contribution in [3.63, 3.8) is 0 Å². The zero-order valence-corrected chi connectivity index (χ0v) is 8.98. The third kappa shape index (κ3) is 2.45. The molecule has 0 aliphatic rings. The first-order valence-electron chi connectivity index (χ1n) is 4.03. The smallest absolute Gasteiger partial charge is 0.398 e. The van der Waals surface area contributed by atoms with Crippen LogP contribution in [0.1, 0.15) is 11.1 Å². The van der Waals surface area contributed by atoms with Crippen LogP contribution < -0.4 is 10.9 Å². The normalized spacial score (nSPS) is 12.8. The first-order valence-corrected chi connectivity index (χ1v) is 5.58. The van der Waals surface area contributed by atoms with Gasteiger partial charge in [-0.15, -0.1) is 0 Å². The molecule has 4 N–H and O–H groups in total. The number of sulfonamides is 1. The summed E-state index contributed by atoms with van der Waals surface area (Å²) >= 11 is 0. The molecule has 1 aromatic rings. The van der Waals surface area contributed by atoms with E-state index in [2.05, 4.69) is 0 Å². The lowest BCUT2D eigenvalue weighted by Gasteiger charge is -2.13. The standard InChI is InChI=1S/C8H9F3N2O2S/c1-4-2-6(12)7(16(13,14)15)3-5(4)8(9,10)11/h2-3H,12H2,1H3,(H2,13,14,15). The monoisotopic (exact) mass is 254 g/mol. The number of hydrogen-bond donors (Lipinski definition) is 2. The Balaban J connectivity index is 3.58. The molecule has 1 aromatic carbocycles. The van der Waals surface area contributed by atoms with Crippen molar-refractivity contribution in [2.45, 2.75) is 18.0 Å². The Morgan fingerprint density at radius 2 is 1.75 bits per heavy atom. The summed E-state index contributed by atoms with van der Waals surface area (Å²) in [6.45, 7) is 1.19. The fourth-order valence-electron chi connectivity index (χ4n) is 1.26. The molecule has 0 amide bonds. The number of benzene rings is 1. The average molecular weight is 254 g/mol. The van der Waals surface area contributed by atoms with E-state index in [4.69, 9.17) is 10.9 Å². The minimum atomic E-state index is -4.64. The van der Waals surface area contributed by atoms with Crippen LogP contribution in [0.25, 0.3) is 0 Å². The van der Waals surface area contributed by atoms with Crippen molar-refractivity contribution < 1.29 is 21.6 Å². The predicted molar refractivity (Wildman–Crippen MR) is 52.0 cm³/mol. The molecule has 0 aliphatic heterocycles. The molecule has 0 saturated heterocycles. The van der Waals surface area contributed by atoms with Gasteiger partial charge in [0.25, 0.3) is 0 Å². The van der Waals surface area contributed by atoms with Gasteiger partial charge in [0.15, 0.2) is 0 Å². The van der Waals surface area contributed by atoms with Gasteiger partial charge in [0.05, 0.1) is 11.3 Å². The third-order valence-corrected chi connectivity index (χ3v) is 2.94. The first kappa shape index (κ1) is 12.8. The van der Waals surface area contributed by atoms with Crippen molar-refractivity contribution in [3.8, 4) is 0 Å². The van der Waals surface area contributed by atoms with Gasteiger partial charge in [0.2, 0.25) is 10.0 Å². The maximum atomic E-state index is 12.5. The molecule has 0 spiro atoms. The summed E-state index contributed by atoms with van der Waals surface area (Å²) in [7, 11) is -4.26. The van der Waals surface area contributed by atoms with Gasteiger partial charge < -0.3 is 5.73 Å². The molecule has 0 atom stereocenters. The van der Waals surface area contributed by atoms with Crippen molar-refractivity contribution in [1.29, 1.82) is 0 Å². The summed E-state index contributed by atoms with van der Waals surface area (Å²) < 4.78 is 59.4. The lowest BCUT2D eigenvalue weighted by Crippen LogP contribution is -2.17. The largest absolute Gasteiger partial charge is 0.416 e. The van der Waals surface area contributed by atoms with Gasteiger partial charge in [-0.05, 0) is 24.6 Å². The summed E-state index contributed by atoms with van der Waals surface area (Å²) in [5.41, 5.74) is 3.78. The molecular weight excluding hydrogens is 245 g/mol. The Bertz CT molecular complexity index is 523. The summed E-state index contributed by atoms with van der Waals surface area (Å²) in [5.74, 6) is 0. The number of anilines is 1. The van der Waals surface area contributed by atoms with Crippen LogP contribution in [0.3, 0.4) is 0 Å². The van der Waals surface area contributed by atoms with Gasteiger partial charge in [0.1, 0.15) is 4.90 Å². The van der Waals surface area contributed by atoms with Crippen LogP contribution in [-0.4, -0.2) is 8.42 Å². The SMILES string of the molecule is Cc1cc(N)c(S(N)(=O)=O)cc1C(F)(F)F. The molecule has 1 rings (SSSR count). The Kier molecular flexibility index (Phi) is 2.90. The number of rotatable bonds is 1. The van der Waals surface area contributed by atoms with Crippen LogP contribution >= 0.6 is 0 Å². The Hall–Kier alpha value is -1.28.